The van der Waals surface area contributed by atoms with Crippen LogP contribution in [0.4, 0.5) is 13.2 Å². The summed E-state index contributed by atoms with van der Waals surface area (Å²) in [5.41, 5.74) is 6.20. The van der Waals surface area contributed by atoms with E-state index in [-0.39, 0.29) is 0 Å². The lowest BCUT2D eigenvalue weighted by Crippen LogP contribution is -2.04. The van der Waals surface area contributed by atoms with Crippen LogP contribution in [0, 0.1) is 11.3 Å². The predicted molar refractivity (Wildman–Crippen MR) is 172 cm³/mol. The van der Waals surface area contributed by atoms with Crippen molar-refractivity contribution in [3.8, 4) is 17.4 Å². The Morgan fingerprint density at radius 3 is 1.56 bits per heavy atom. The molecule has 0 aliphatic carbocycles. The first kappa shape index (κ1) is 25.5. The fourth-order valence-corrected chi connectivity index (χ4v) is 6.85. The summed E-state index contributed by atoms with van der Waals surface area (Å²) in [5.74, 6) is 0. The van der Waals surface area contributed by atoms with Gasteiger partial charge in [0.15, 0.2) is 11.2 Å². The standard InChI is InChI=1S/C38H20F3N3O/c39-38(40,41)23-16-18-33-29(20-23)25-8-2-4-12-31(25)44(33)35-14-6-10-27-26-9-5-13-34(36(26)45-37(27)35)43-30-11-3-1-7-24(30)28-19-22(21-42)15-17-32(28)43/h1-20H. The average molecular weight is 592 g/mol. The largest absolute Gasteiger partial charge is 0.452 e. The second-order valence-corrected chi connectivity index (χ2v) is 11.2. The highest BCUT2D eigenvalue weighted by atomic mass is 19.4. The first-order valence-corrected chi connectivity index (χ1v) is 14.4. The average Bonchev–Trinajstić information content (AvgIpc) is 3.71. The zero-order chi connectivity index (χ0) is 30.4. The Balaban J connectivity index is 1.36. The van der Waals surface area contributed by atoms with Crippen LogP contribution in [-0.4, -0.2) is 9.13 Å². The highest BCUT2D eigenvalue weighted by molar-refractivity contribution is 6.15. The summed E-state index contributed by atoms with van der Waals surface area (Å²) in [7, 11) is 0. The number of benzene rings is 6. The van der Waals surface area contributed by atoms with Gasteiger partial charge in [-0.2, -0.15) is 18.4 Å². The first-order valence-electron chi connectivity index (χ1n) is 14.4. The normalized spacial score (nSPS) is 12.3. The number of hydrogen-bond donors (Lipinski definition) is 0. The Bertz CT molecular complexity index is 2720. The molecule has 45 heavy (non-hydrogen) atoms. The molecule has 9 rings (SSSR count). The molecule has 0 saturated heterocycles. The van der Waals surface area contributed by atoms with E-state index >= 15 is 0 Å². The summed E-state index contributed by atoms with van der Waals surface area (Å²) < 4.78 is 52.1. The third-order valence-electron chi connectivity index (χ3n) is 8.77. The van der Waals surface area contributed by atoms with Crippen LogP contribution in [0.5, 0.6) is 0 Å². The summed E-state index contributed by atoms with van der Waals surface area (Å²) in [6.45, 7) is 0. The number of fused-ring (bicyclic) bond motifs is 9. The van der Waals surface area contributed by atoms with E-state index < -0.39 is 11.7 Å². The fraction of sp³-hybridized carbons (Fsp3) is 0.0263. The van der Waals surface area contributed by atoms with Crippen molar-refractivity contribution in [3.05, 3.63) is 132 Å². The van der Waals surface area contributed by atoms with Gasteiger partial charge in [0.05, 0.1) is 50.6 Å². The third kappa shape index (κ3) is 3.54. The molecule has 6 aromatic carbocycles. The molecule has 3 aromatic heterocycles. The number of hydrogen-bond acceptors (Lipinski definition) is 2. The maximum absolute atomic E-state index is 13.7. The number of rotatable bonds is 2. The van der Waals surface area contributed by atoms with E-state index in [1.807, 2.05) is 95.6 Å². The molecule has 0 amide bonds. The minimum absolute atomic E-state index is 0.524. The van der Waals surface area contributed by atoms with E-state index in [0.29, 0.717) is 27.6 Å². The molecule has 9 aromatic rings. The van der Waals surface area contributed by atoms with Crippen molar-refractivity contribution in [3.63, 3.8) is 0 Å². The zero-order valence-corrected chi connectivity index (χ0v) is 23.4. The molecule has 0 N–H and O–H groups in total. The number of furan rings is 1. The Morgan fingerprint density at radius 1 is 0.511 bits per heavy atom. The summed E-state index contributed by atoms with van der Waals surface area (Å²) in [6.07, 6.45) is -4.45. The summed E-state index contributed by atoms with van der Waals surface area (Å²) in [4.78, 5) is 0. The van der Waals surface area contributed by atoms with Gasteiger partial charge in [-0.25, -0.2) is 0 Å². The Hall–Kier alpha value is -6.00. The summed E-state index contributed by atoms with van der Waals surface area (Å²) >= 11 is 0. The van der Waals surface area contributed by atoms with Gasteiger partial charge in [-0.1, -0.05) is 60.7 Å². The molecule has 0 atom stereocenters. The molecular formula is C38H20F3N3O. The molecule has 0 radical (unpaired) electrons. The SMILES string of the molecule is N#Cc1ccc2c(c1)c1ccccc1n2-c1cccc2c1oc1c(-n3c4ccccc4c4cc(C(F)(F)F)ccc43)cccc12. The number of nitriles is 1. The van der Waals surface area contributed by atoms with Crippen LogP contribution >= 0.6 is 0 Å². The third-order valence-corrected chi connectivity index (χ3v) is 8.77. The van der Waals surface area contributed by atoms with Gasteiger partial charge < -0.3 is 13.6 Å². The van der Waals surface area contributed by atoms with Gasteiger partial charge in [0.25, 0.3) is 0 Å². The van der Waals surface area contributed by atoms with Crippen LogP contribution in [0.3, 0.4) is 0 Å². The van der Waals surface area contributed by atoms with E-state index in [9.17, 15) is 18.4 Å². The van der Waals surface area contributed by atoms with Crippen molar-refractivity contribution in [1.29, 1.82) is 5.26 Å². The van der Waals surface area contributed by atoms with Crippen LogP contribution in [-0.2, 0) is 6.18 Å². The van der Waals surface area contributed by atoms with Crippen LogP contribution in [0.25, 0.3) is 76.9 Å². The van der Waals surface area contributed by atoms with Crippen molar-refractivity contribution in [2.24, 2.45) is 0 Å². The monoisotopic (exact) mass is 591 g/mol. The number of alkyl halides is 3. The molecule has 0 bridgehead atoms. The van der Waals surface area contributed by atoms with Crippen molar-refractivity contribution in [1.82, 2.24) is 9.13 Å². The Labute approximate surface area is 253 Å². The van der Waals surface area contributed by atoms with Crippen LogP contribution < -0.4 is 0 Å². The number of nitrogens with zero attached hydrogens (tertiary/aromatic N) is 3. The molecule has 0 aliphatic heterocycles. The number of para-hydroxylation sites is 4. The van der Waals surface area contributed by atoms with Crippen molar-refractivity contribution in [2.75, 3.05) is 0 Å². The highest BCUT2D eigenvalue weighted by Crippen LogP contribution is 2.42. The molecule has 214 valence electrons. The van der Waals surface area contributed by atoms with Gasteiger partial charge in [0.1, 0.15) is 0 Å². The molecular weight excluding hydrogens is 571 g/mol. The van der Waals surface area contributed by atoms with E-state index in [4.69, 9.17) is 4.42 Å². The quantitative estimate of drug-likeness (QED) is 0.201. The van der Waals surface area contributed by atoms with Crippen molar-refractivity contribution >= 4 is 65.6 Å². The van der Waals surface area contributed by atoms with Crippen LogP contribution in [0.2, 0.25) is 0 Å². The topological polar surface area (TPSA) is 46.8 Å². The molecule has 0 unspecified atom stereocenters. The molecule has 3 heterocycles. The van der Waals surface area contributed by atoms with Crippen molar-refractivity contribution in [2.45, 2.75) is 6.18 Å². The molecule has 0 saturated carbocycles. The summed E-state index contributed by atoms with van der Waals surface area (Å²) in [5, 5.41) is 14.7. The second-order valence-electron chi connectivity index (χ2n) is 11.2. The minimum Gasteiger partial charge on any atom is -0.452 e. The zero-order valence-electron chi connectivity index (χ0n) is 23.4. The molecule has 0 spiro atoms. The highest BCUT2D eigenvalue weighted by Gasteiger charge is 2.31. The van der Waals surface area contributed by atoms with Gasteiger partial charge in [-0.15, -0.1) is 0 Å². The lowest BCUT2D eigenvalue weighted by Gasteiger charge is -2.10. The van der Waals surface area contributed by atoms with Gasteiger partial charge in [-0.3, -0.25) is 0 Å². The van der Waals surface area contributed by atoms with E-state index in [0.717, 1.165) is 60.9 Å². The Morgan fingerprint density at radius 2 is 1.00 bits per heavy atom. The summed E-state index contributed by atoms with van der Waals surface area (Å²) in [6, 6.07) is 39.4. The second kappa shape index (κ2) is 9.01. The first-order chi connectivity index (χ1) is 21.9. The predicted octanol–water partition coefficient (Wildman–Crippen LogP) is 10.7. The lowest BCUT2D eigenvalue weighted by molar-refractivity contribution is -0.137. The number of aromatic nitrogens is 2. The van der Waals surface area contributed by atoms with Gasteiger partial charge in [0.2, 0.25) is 0 Å². The van der Waals surface area contributed by atoms with Crippen LogP contribution in [0.15, 0.2) is 126 Å². The van der Waals surface area contributed by atoms with Crippen LogP contribution in [0.1, 0.15) is 11.1 Å². The van der Waals surface area contributed by atoms with Gasteiger partial charge in [-0.05, 0) is 60.7 Å². The maximum Gasteiger partial charge on any atom is 0.416 e. The van der Waals surface area contributed by atoms with Gasteiger partial charge >= 0.3 is 6.18 Å². The minimum atomic E-state index is -4.45. The smallest absolute Gasteiger partial charge is 0.416 e. The maximum atomic E-state index is 13.7. The number of halogens is 3. The lowest BCUT2D eigenvalue weighted by atomic mass is 10.1. The van der Waals surface area contributed by atoms with Gasteiger partial charge in [0, 0.05) is 32.3 Å². The van der Waals surface area contributed by atoms with E-state index in [2.05, 4.69) is 22.8 Å². The fourth-order valence-electron chi connectivity index (χ4n) is 6.85. The molecule has 4 nitrogen and oxygen atoms in total. The molecule has 7 heteroatoms. The molecule has 0 fully saturated rings. The van der Waals surface area contributed by atoms with E-state index in [1.54, 1.807) is 6.07 Å². The van der Waals surface area contributed by atoms with Crippen molar-refractivity contribution < 1.29 is 17.6 Å². The molecule has 0 aliphatic rings. The van der Waals surface area contributed by atoms with E-state index in [1.165, 1.54) is 6.07 Å². The Kier molecular flexibility index (Phi) is 5.10.